The average molecular weight is 523 g/mol. The van der Waals surface area contributed by atoms with Gasteiger partial charge in [0, 0.05) is 16.0 Å². The number of halogens is 1. The Hall–Kier alpha value is -2.72. The van der Waals surface area contributed by atoms with Crippen LogP contribution in [0.25, 0.3) is 26.3 Å². The third kappa shape index (κ3) is 5.50. The zero-order chi connectivity index (χ0) is 24.5. The van der Waals surface area contributed by atoms with Gasteiger partial charge in [-0.2, -0.15) is 0 Å². The van der Waals surface area contributed by atoms with Crippen molar-refractivity contribution in [3.8, 4) is 27.6 Å². The van der Waals surface area contributed by atoms with E-state index in [-0.39, 0.29) is 12.2 Å². The standard InChI is InChI=1S/C22H20ClN2O7PS/c1-13(32-33(27,28)29)11-31-18-8-7-16(9-19(18)30-2)25-12-24-17-10-20(34-21(17)22(25)26)14-3-5-15(23)6-4-14/h3-10,12-13H,11H2,1-2H3,(H2,27,28,29)/t13-/m1/s1. The number of phosphoric acid groups is 1. The predicted molar refractivity (Wildman–Crippen MR) is 130 cm³/mol. The fourth-order valence-corrected chi connectivity index (χ4v) is 4.95. The number of hydrogen-bond acceptors (Lipinski definition) is 7. The van der Waals surface area contributed by atoms with E-state index in [1.54, 1.807) is 30.3 Å². The molecule has 0 aliphatic heterocycles. The summed E-state index contributed by atoms with van der Waals surface area (Å²) in [4.78, 5) is 36.3. The van der Waals surface area contributed by atoms with E-state index in [2.05, 4.69) is 9.51 Å². The molecule has 1 atom stereocenters. The fraction of sp³-hybridized carbons (Fsp3) is 0.182. The molecule has 4 rings (SSSR count). The van der Waals surface area contributed by atoms with Gasteiger partial charge in [0.25, 0.3) is 5.56 Å². The summed E-state index contributed by atoms with van der Waals surface area (Å²) in [7, 11) is -3.17. The van der Waals surface area contributed by atoms with E-state index in [1.165, 1.54) is 36.3 Å². The molecule has 9 nitrogen and oxygen atoms in total. The number of benzene rings is 2. The number of nitrogens with zero attached hydrogens (tertiary/aromatic N) is 2. The van der Waals surface area contributed by atoms with E-state index in [9.17, 15) is 9.36 Å². The van der Waals surface area contributed by atoms with Crippen LogP contribution in [0.5, 0.6) is 11.5 Å². The van der Waals surface area contributed by atoms with Crippen LogP contribution in [0.1, 0.15) is 6.92 Å². The maximum absolute atomic E-state index is 13.2. The average Bonchev–Trinajstić information content (AvgIpc) is 3.22. The van der Waals surface area contributed by atoms with Crippen LogP contribution in [0.15, 0.2) is 59.7 Å². The zero-order valence-electron chi connectivity index (χ0n) is 18.0. The molecule has 0 saturated heterocycles. The summed E-state index contributed by atoms with van der Waals surface area (Å²) in [5.41, 5.74) is 1.83. The second-order valence-electron chi connectivity index (χ2n) is 7.30. The predicted octanol–water partition coefficient (Wildman–Crippen LogP) is 4.65. The molecule has 2 aromatic carbocycles. The van der Waals surface area contributed by atoms with Gasteiger partial charge < -0.3 is 19.3 Å². The van der Waals surface area contributed by atoms with Gasteiger partial charge in [0.05, 0.1) is 18.3 Å². The topological polar surface area (TPSA) is 120 Å². The van der Waals surface area contributed by atoms with Crippen molar-refractivity contribution < 1.29 is 28.3 Å². The Labute approximate surface area is 203 Å². The molecule has 0 unspecified atom stereocenters. The lowest BCUT2D eigenvalue weighted by molar-refractivity contribution is 0.100. The molecule has 178 valence electrons. The first kappa shape index (κ1) is 24.4. The fourth-order valence-electron chi connectivity index (χ4n) is 3.25. The highest BCUT2D eigenvalue weighted by Gasteiger charge is 2.20. The second kappa shape index (κ2) is 9.87. The number of fused-ring (bicyclic) bond motifs is 1. The molecular weight excluding hydrogens is 503 g/mol. The molecule has 0 aliphatic rings. The van der Waals surface area contributed by atoms with Crippen LogP contribution in [-0.2, 0) is 9.09 Å². The number of phosphoric ester groups is 1. The van der Waals surface area contributed by atoms with E-state index < -0.39 is 13.9 Å². The van der Waals surface area contributed by atoms with E-state index in [0.717, 1.165) is 10.4 Å². The third-order valence-corrected chi connectivity index (χ3v) is 6.83. The van der Waals surface area contributed by atoms with Crippen LogP contribution in [0.3, 0.4) is 0 Å². The minimum atomic E-state index is -4.62. The summed E-state index contributed by atoms with van der Waals surface area (Å²) in [6.07, 6.45) is 0.599. The second-order valence-corrected chi connectivity index (χ2v) is 9.99. The number of thiophene rings is 1. The van der Waals surface area contributed by atoms with Crippen LogP contribution in [0.2, 0.25) is 5.02 Å². The number of aromatic nitrogens is 2. The van der Waals surface area contributed by atoms with E-state index in [1.807, 2.05) is 18.2 Å². The normalized spacial score (nSPS) is 12.6. The highest BCUT2D eigenvalue weighted by atomic mass is 35.5. The van der Waals surface area contributed by atoms with Gasteiger partial charge in [0.2, 0.25) is 0 Å². The minimum Gasteiger partial charge on any atom is -0.493 e. The van der Waals surface area contributed by atoms with Gasteiger partial charge in [0.1, 0.15) is 23.7 Å². The van der Waals surface area contributed by atoms with Crippen molar-refractivity contribution in [2.45, 2.75) is 13.0 Å². The monoisotopic (exact) mass is 522 g/mol. The summed E-state index contributed by atoms with van der Waals surface area (Å²) in [6, 6.07) is 14.1. The summed E-state index contributed by atoms with van der Waals surface area (Å²) < 4.78 is 28.4. The van der Waals surface area contributed by atoms with E-state index in [4.69, 9.17) is 30.9 Å². The van der Waals surface area contributed by atoms with Gasteiger partial charge in [-0.15, -0.1) is 11.3 Å². The highest BCUT2D eigenvalue weighted by Crippen LogP contribution is 2.38. The molecule has 0 bridgehead atoms. The van der Waals surface area contributed by atoms with E-state index in [0.29, 0.717) is 32.4 Å². The SMILES string of the molecule is COc1cc(-n2cnc3cc(-c4ccc(Cl)cc4)sc3c2=O)ccc1OC[C@@H](C)OP(=O)(O)O. The van der Waals surface area contributed by atoms with Gasteiger partial charge in [-0.3, -0.25) is 13.9 Å². The first-order chi connectivity index (χ1) is 16.1. The van der Waals surface area contributed by atoms with Crippen molar-refractivity contribution in [2.24, 2.45) is 0 Å². The van der Waals surface area contributed by atoms with Gasteiger partial charge >= 0.3 is 7.82 Å². The summed E-state index contributed by atoms with van der Waals surface area (Å²) >= 11 is 7.32. The number of hydrogen-bond donors (Lipinski definition) is 2. The van der Waals surface area contributed by atoms with Gasteiger partial charge in [-0.25, -0.2) is 9.55 Å². The van der Waals surface area contributed by atoms with Gasteiger partial charge in [0.15, 0.2) is 11.5 Å². The minimum absolute atomic E-state index is 0.114. The van der Waals surface area contributed by atoms with Crippen molar-refractivity contribution in [2.75, 3.05) is 13.7 Å². The summed E-state index contributed by atoms with van der Waals surface area (Å²) in [5, 5.41) is 0.635. The zero-order valence-corrected chi connectivity index (χ0v) is 20.5. The summed E-state index contributed by atoms with van der Waals surface area (Å²) in [5.74, 6) is 0.663. The third-order valence-electron chi connectivity index (χ3n) is 4.78. The first-order valence-electron chi connectivity index (χ1n) is 9.97. The van der Waals surface area contributed by atoms with Gasteiger partial charge in [-0.1, -0.05) is 23.7 Å². The largest absolute Gasteiger partial charge is 0.493 e. The number of rotatable bonds is 8. The maximum Gasteiger partial charge on any atom is 0.469 e. The smallest absolute Gasteiger partial charge is 0.469 e. The molecule has 0 spiro atoms. The van der Waals surface area contributed by atoms with Crippen molar-refractivity contribution >= 4 is 41.0 Å². The Morgan fingerprint density at radius 1 is 1.15 bits per heavy atom. The molecule has 2 heterocycles. The highest BCUT2D eigenvalue weighted by molar-refractivity contribution is 7.46. The number of ether oxygens (including phenoxy) is 2. The first-order valence-corrected chi connectivity index (χ1v) is 12.7. The lowest BCUT2D eigenvalue weighted by Gasteiger charge is -2.17. The van der Waals surface area contributed by atoms with Crippen molar-refractivity contribution in [3.05, 3.63) is 70.2 Å². The molecule has 0 saturated carbocycles. The molecule has 0 aliphatic carbocycles. The Morgan fingerprint density at radius 2 is 1.88 bits per heavy atom. The molecule has 0 fully saturated rings. The molecule has 2 N–H and O–H groups in total. The van der Waals surface area contributed by atoms with E-state index >= 15 is 0 Å². The van der Waals surface area contributed by atoms with Crippen molar-refractivity contribution in [3.63, 3.8) is 0 Å². The molecule has 34 heavy (non-hydrogen) atoms. The number of methoxy groups -OCH3 is 1. The Morgan fingerprint density at radius 3 is 2.56 bits per heavy atom. The van der Waals surface area contributed by atoms with Crippen LogP contribution in [0.4, 0.5) is 0 Å². The molecule has 2 aromatic heterocycles. The van der Waals surface area contributed by atoms with Crippen LogP contribution >= 0.6 is 30.8 Å². The van der Waals surface area contributed by atoms with Crippen LogP contribution in [0, 0.1) is 0 Å². The molecule has 12 heteroatoms. The Bertz CT molecular complexity index is 1430. The van der Waals surface area contributed by atoms with Crippen molar-refractivity contribution in [1.82, 2.24) is 9.55 Å². The lowest BCUT2D eigenvalue weighted by atomic mass is 10.2. The molecular formula is C22H20ClN2O7PS. The van der Waals surface area contributed by atoms with Crippen LogP contribution < -0.4 is 15.0 Å². The van der Waals surface area contributed by atoms with Crippen LogP contribution in [-0.4, -0.2) is 39.2 Å². The molecule has 0 amide bonds. The Kier molecular flexibility index (Phi) is 7.09. The lowest BCUT2D eigenvalue weighted by Crippen LogP contribution is -2.18. The molecule has 4 aromatic rings. The maximum atomic E-state index is 13.2. The van der Waals surface area contributed by atoms with Crippen molar-refractivity contribution in [1.29, 1.82) is 0 Å². The molecule has 0 radical (unpaired) electrons. The quantitative estimate of drug-likeness (QED) is 0.321. The summed E-state index contributed by atoms with van der Waals surface area (Å²) in [6.45, 7) is 1.36. The Balaban J connectivity index is 1.62. The van der Waals surface area contributed by atoms with Gasteiger partial charge in [-0.05, 0) is 42.8 Å².